The first-order valence-electron chi connectivity index (χ1n) is 6.04. The van der Waals surface area contributed by atoms with Crippen molar-refractivity contribution in [2.75, 3.05) is 36.8 Å². The Morgan fingerprint density at radius 3 is 3.06 bits per heavy atom. The molecule has 3 rings (SSSR count). The van der Waals surface area contributed by atoms with Crippen molar-refractivity contribution < 1.29 is 4.79 Å². The van der Waals surface area contributed by atoms with E-state index in [-0.39, 0.29) is 12.1 Å². The fraction of sp³-hybridized carbons (Fsp3) is 0.545. The molecule has 2 amide bonds. The summed E-state index contributed by atoms with van der Waals surface area (Å²) in [6.07, 6.45) is 0. The molecule has 1 aromatic heterocycles. The Hall–Kier alpha value is -2.05. The zero-order valence-electron chi connectivity index (χ0n) is 10.3. The smallest absolute Gasteiger partial charge is 0.317 e. The molecule has 0 saturated carbocycles. The van der Waals surface area contributed by atoms with E-state index >= 15 is 0 Å². The Balaban J connectivity index is 1.80. The van der Waals surface area contributed by atoms with Crippen molar-refractivity contribution in [1.29, 1.82) is 0 Å². The van der Waals surface area contributed by atoms with Gasteiger partial charge in [-0.15, -0.1) is 0 Å². The second-order valence-electron chi connectivity index (χ2n) is 4.68. The standard InChI is InChI=1S/C11H16N6O/c1-7-14-9(12)4-10(15-7)16-2-3-17-8(6-16)5-13-11(17)18/h4,8H,2-3,5-6H2,1H3,(H,13,18)(H2,12,14,15). The van der Waals surface area contributed by atoms with Crippen LogP contribution < -0.4 is 16.0 Å². The van der Waals surface area contributed by atoms with Crippen molar-refractivity contribution in [1.82, 2.24) is 20.2 Å². The fourth-order valence-electron chi connectivity index (χ4n) is 2.55. The number of aryl methyl sites for hydroxylation is 1. The number of urea groups is 1. The lowest BCUT2D eigenvalue weighted by Gasteiger charge is -2.37. The van der Waals surface area contributed by atoms with Crippen molar-refractivity contribution >= 4 is 17.7 Å². The molecule has 0 aliphatic carbocycles. The number of aromatic nitrogens is 2. The van der Waals surface area contributed by atoms with E-state index in [2.05, 4.69) is 20.2 Å². The van der Waals surface area contributed by atoms with Gasteiger partial charge < -0.3 is 20.9 Å². The summed E-state index contributed by atoms with van der Waals surface area (Å²) in [6.45, 7) is 4.82. The molecule has 3 heterocycles. The monoisotopic (exact) mass is 248 g/mol. The van der Waals surface area contributed by atoms with Gasteiger partial charge in [-0.2, -0.15) is 0 Å². The molecule has 2 aliphatic rings. The van der Waals surface area contributed by atoms with Crippen LogP contribution in [0.15, 0.2) is 6.07 Å². The van der Waals surface area contributed by atoms with Gasteiger partial charge in [0, 0.05) is 32.2 Å². The first kappa shape index (κ1) is 11.1. The van der Waals surface area contributed by atoms with E-state index < -0.39 is 0 Å². The highest BCUT2D eigenvalue weighted by Gasteiger charge is 2.35. The number of nitrogens with one attached hydrogen (secondary N) is 1. The number of fused-ring (bicyclic) bond motifs is 1. The van der Waals surface area contributed by atoms with Gasteiger partial charge in [-0.1, -0.05) is 0 Å². The highest BCUT2D eigenvalue weighted by molar-refractivity contribution is 5.77. The Kier molecular flexibility index (Phi) is 2.46. The SMILES string of the molecule is Cc1nc(N)cc(N2CCN3C(=O)NCC3C2)n1. The van der Waals surface area contributed by atoms with Crippen LogP contribution in [0.3, 0.4) is 0 Å². The van der Waals surface area contributed by atoms with Gasteiger partial charge in [0.1, 0.15) is 17.5 Å². The predicted octanol–water partition coefficient (Wildman–Crippen LogP) is -0.419. The summed E-state index contributed by atoms with van der Waals surface area (Å²) < 4.78 is 0. The van der Waals surface area contributed by atoms with Crippen LogP contribution in [0, 0.1) is 6.92 Å². The van der Waals surface area contributed by atoms with Gasteiger partial charge in [-0.25, -0.2) is 14.8 Å². The lowest BCUT2D eigenvalue weighted by atomic mass is 10.2. The summed E-state index contributed by atoms with van der Waals surface area (Å²) in [4.78, 5) is 24.0. The van der Waals surface area contributed by atoms with Crippen LogP contribution in [0.4, 0.5) is 16.4 Å². The second kappa shape index (κ2) is 4.01. The zero-order chi connectivity index (χ0) is 12.7. The van der Waals surface area contributed by atoms with Gasteiger partial charge in [0.05, 0.1) is 6.04 Å². The molecule has 18 heavy (non-hydrogen) atoms. The summed E-state index contributed by atoms with van der Waals surface area (Å²) in [6, 6.07) is 2.05. The van der Waals surface area contributed by atoms with Crippen molar-refractivity contribution in [3.8, 4) is 0 Å². The van der Waals surface area contributed by atoms with E-state index in [1.54, 1.807) is 6.07 Å². The maximum Gasteiger partial charge on any atom is 0.317 e. The lowest BCUT2D eigenvalue weighted by molar-refractivity contribution is 0.197. The number of nitrogens with two attached hydrogens (primary N) is 1. The minimum Gasteiger partial charge on any atom is -0.384 e. The summed E-state index contributed by atoms with van der Waals surface area (Å²) >= 11 is 0. The number of anilines is 2. The number of piperazine rings is 1. The van der Waals surface area contributed by atoms with Gasteiger partial charge in [-0.05, 0) is 6.92 Å². The van der Waals surface area contributed by atoms with Crippen LogP contribution in [-0.2, 0) is 0 Å². The maximum atomic E-state index is 11.5. The molecule has 7 nitrogen and oxygen atoms in total. The number of nitrogen functional groups attached to an aromatic ring is 1. The molecule has 96 valence electrons. The third kappa shape index (κ3) is 1.81. The molecule has 7 heteroatoms. The summed E-state index contributed by atoms with van der Waals surface area (Å²) in [5.74, 6) is 2.01. The number of amides is 2. The Morgan fingerprint density at radius 1 is 1.44 bits per heavy atom. The first-order chi connectivity index (χ1) is 8.63. The second-order valence-corrected chi connectivity index (χ2v) is 4.68. The summed E-state index contributed by atoms with van der Waals surface area (Å²) in [7, 11) is 0. The molecule has 0 radical (unpaired) electrons. The van der Waals surface area contributed by atoms with E-state index in [9.17, 15) is 4.79 Å². The quantitative estimate of drug-likeness (QED) is 0.705. The third-order valence-electron chi connectivity index (χ3n) is 3.40. The molecule has 3 N–H and O–H groups in total. The summed E-state index contributed by atoms with van der Waals surface area (Å²) in [5, 5.41) is 2.86. The highest BCUT2D eigenvalue weighted by atomic mass is 16.2. The largest absolute Gasteiger partial charge is 0.384 e. The normalized spacial score (nSPS) is 22.9. The van der Waals surface area contributed by atoms with Gasteiger partial charge in [-0.3, -0.25) is 0 Å². The Morgan fingerprint density at radius 2 is 2.28 bits per heavy atom. The van der Waals surface area contributed by atoms with E-state index in [4.69, 9.17) is 5.73 Å². The molecule has 1 unspecified atom stereocenters. The molecular formula is C11H16N6O. The molecule has 1 aromatic rings. The number of carbonyl (C=O) groups is 1. The topological polar surface area (TPSA) is 87.4 Å². The van der Waals surface area contributed by atoms with Crippen LogP contribution in [0.25, 0.3) is 0 Å². The molecule has 2 aliphatic heterocycles. The maximum absolute atomic E-state index is 11.5. The highest BCUT2D eigenvalue weighted by Crippen LogP contribution is 2.20. The third-order valence-corrected chi connectivity index (χ3v) is 3.40. The van der Waals surface area contributed by atoms with Crippen molar-refractivity contribution in [2.24, 2.45) is 0 Å². The molecular weight excluding hydrogens is 232 g/mol. The van der Waals surface area contributed by atoms with Crippen molar-refractivity contribution in [2.45, 2.75) is 13.0 Å². The van der Waals surface area contributed by atoms with E-state index in [0.717, 1.165) is 25.5 Å². The number of carbonyl (C=O) groups excluding carboxylic acids is 1. The van der Waals surface area contributed by atoms with Crippen LogP contribution in [-0.4, -0.2) is 53.1 Å². The first-order valence-corrected chi connectivity index (χ1v) is 6.04. The van der Waals surface area contributed by atoms with Crippen LogP contribution in [0.2, 0.25) is 0 Å². The number of hydrogen-bond donors (Lipinski definition) is 2. The molecule has 0 spiro atoms. The van der Waals surface area contributed by atoms with Gasteiger partial charge in [0.2, 0.25) is 0 Å². The van der Waals surface area contributed by atoms with Crippen molar-refractivity contribution in [3.05, 3.63) is 11.9 Å². The van der Waals surface area contributed by atoms with E-state index in [1.807, 2.05) is 11.8 Å². The van der Waals surface area contributed by atoms with Crippen LogP contribution >= 0.6 is 0 Å². The number of nitrogens with zero attached hydrogens (tertiary/aromatic N) is 4. The van der Waals surface area contributed by atoms with Crippen LogP contribution in [0.1, 0.15) is 5.82 Å². The average Bonchev–Trinajstić information content (AvgIpc) is 2.69. The average molecular weight is 248 g/mol. The molecule has 2 fully saturated rings. The van der Waals surface area contributed by atoms with Gasteiger partial charge in [0.15, 0.2) is 0 Å². The molecule has 2 saturated heterocycles. The lowest BCUT2D eigenvalue weighted by Crippen LogP contribution is -2.52. The Bertz CT molecular complexity index is 470. The Labute approximate surface area is 105 Å². The van der Waals surface area contributed by atoms with Gasteiger partial charge >= 0.3 is 6.03 Å². The molecule has 0 aromatic carbocycles. The van der Waals surface area contributed by atoms with Crippen molar-refractivity contribution in [3.63, 3.8) is 0 Å². The predicted molar refractivity (Wildman–Crippen MR) is 67.3 cm³/mol. The fourth-order valence-corrected chi connectivity index (χ4v) is 2.55. The minimum atomic E-state index is 0.0398. The molecule has 1 atom stereocenters. The number of rotatable bonds is 1. The summed E-state index contributed by atoms with van der Waals surface area (Å²) in [5.41, 5.74) is 5.74. The minimum absolute atomic E-state index is 0.0398. The van der Waals surface area contributed by atoms with E-state index in [1.165, 1.54) is 0 Å². The van der Waals surface area contributed by atoms with E-state index in [0.29, 0.717) is 18.2 Å². The molecule has 0 bridgehead atoms. The van der Waals surface area contributed by atoms with Crippen LogP contribution in [0.5, 0.6) is 0 Å². The van der Waals surface area contributed by atoms with Gasteiger partial charge in [0.25, 0.3) is 0 Å². The number of hydrogen-bond acceptors (Lipinski definition) is 5. The zero-order valence-corrected chi connectivity index (χ0v) is 10.3.